The summed E-state index contributed by atoms with van der Waals surface area (Å²) in [5.74, 6) is 0. The van der Waals surface area contributed by atoms with Crippen molar-refractivity contribution in [1.82, 2.24) is 15.0 Å². The molecule has 2 aromatic heterocycles. The Bertz CT molecular complexity index is 980. The maximum absolute atomic E-state index is 6.53. The molecule has 2 fully saturated rings. The highest BCUT2D eigenvalue weighted by molar-refractivity contribution is 6.33. The Morgan fingerprint density at radius 1 is 1.00 bits per heavy atom. The van der Waals surface area contributed by atoms with Gasteiger partial charge < -0.3 is 24.1 Å². The van der Waals surface area contributed by atoms with Crippen LogP contribution in [0.25, 0.3) is 22.4 Å². The van der Waals surface area contributed by atoms with E-state index in [4.69, 9.17) is 25.8 Å². The summed E-state index contributed by atoms with van der Waals surface area (Å²) in [6.07, 6.45) is 1.85. The number of benzene rings is 1. The van der Waals surface area contributed by atoms with E-state index in [9.17, 15) is 0 Å². The molecule has 8 heteroatoms. The molecule has 1 aromatic carbocycles. The molecule has 29 heavy (non-hydrogen) atoms. The maximum Gasteiger partial charge on any atom is 0.296 e. The van der Waals surface area contributed by atoms with Gasteiger partial charge in [0, 0.05) is 37.2 Å². The Morgan fingerprint density at radius 2 is 1.72 bits per heavy atom. The average Bonchev–Trinajstić information content (AvgIpc) is 3.15. The molecular weight excluding hydrogens is 392 g/mol. The molecule has 2 saturated heterocycles. The largest absolute Gasteiger partial charge is 0.461 e. The number of imidazole rings is 1. The summed E-state index contributed by atoms with van der Waals surface area (Å²) in [5, 5.41) is 0.581. The van der Waals surface area contributed by atoms with Gasteiger partial charge in [0.25, 0.3) is 6.01 Å². The zero-order chi connectivity index (χ0) is 19.6. The predicted molar refractivity (Wildman–Crippen MR) is 112 cm³/mol. The molecule has 0 radical (unpaired) electrons. The molecule has 1 N–H and O–H groups in total. The number of nitrogens with one attached hydrogen (secondary N) is 1. The molecule has 152 valence electrons. The van der Waals surface area contributed by atoms with Crippen LogP contribution in [0.15, 0.2) is 30.3 Å². The van der Waals surface area contributed by atoms with Crippen molar-refractivity contribution >= 4 is 28.5 Å². The Hall–Kier alpha value is -2.35. The van der Waals surface area contributed by atoms with Crippen LogP contribution in [-0.2, 0) is 9.47 Å². The summed E-state index contributed by atoms with van der Waals surface area (Å²) < 4.78 is 16.8. The fourth-order valence-corrected chi connectivity index (χ4v) is 4.02. The average molecular weight is 415 g/mol. The number of hydrogen-bond acceptors (Lipinski definition) is 6. The number of morpholine rings is 1. The van der Waals surface area contributed by atoms with E-state index in [1.165, 1.54) is 5.69 Å². The van der Waals surface area contributed by atoms with Crippen molar-refractivity contribution < 1.29 is 14.2 Å². The van der Waals surface area contributed by atoms with Crippen molar-refractivity contribution in [3.63, 3.8) is 0 Å². The highest BCUT2D eigenvalue weighted by atomic mass is 35.5. The number of H-pyrrole nitrogens is 1. The quantitative estimate of drug-likeness (QED) is 0.702. The van der Waals surface area contributed by atoms with Crippen molar-refractivity contribution in [1.29, 1.82) is 0 Å². The van der Waals surface area contributed by atoms with Gasteiger partial charge in [0.1, 0.15) is 6.10 Å². The summed E-state index contributed by atoms with van der Waals surface area (Å²) >= 11 is 6.53. The second-order valence-electron chi connectivity index (χ2n) is 7.31. The summed E-state index contributed by atoms with van der Waals surface area (Å²) in [6, 6.07) is 10.7. The van der Waals surface area contributed by atoms with Gasteiger partial charge in [-0.1, -0.05) is 23.7 Å². The maximum atomic E-state index is 6.53. The normalized spacial score (nSPS) is 18.3. The van der Waals surface area contributed by atoms with Crippen LogP contribution in [0.3, 0.4) is 0 Å². The lowest BCUT2D eigenvalue weighted by Crippen LogP contribution is -2.36. The number of ether oxygens (including phenoxy) is 3. The number of anilines is 1. The number of aromatic amines is 1. The van der Waals surface area contributed by atoms with E-state index in [-0.39, 0.29) is 6.10 Å². The fraction of sp³-hybridized carbons (Fsp3) is 0.429. The van der Waals surface area contributed by atoms with E-state index >= 15 is 0 Å². The third-order valence-electron chi connectivity index (χ3n) is 5.37. The van der Waals surface area contributed by atoms with Crippen LogP contribution in [0, 0.1) is 0 Å². The van der Waals surface area contributed by atoms with Crippen molar-refractivity contribution in [2.24, 2.45) is 0 Å². The van der Waals surface area contributed by atoms with Crippen LogP contribution in [0.4, 0.5) is 5.69 Å². The van der Waals surface area contributed by atoms with Crippen LogP contribution < -0.4 is 9.64 Å². The number of halogens is 1. The Morgan fingerprint density at radius 3 is 2.48 bits per heavy atom. The van der Waals surface area contributed by atoms with Crippen molar-refractivity contribution in [3.8, 4) is 17.3 Å². The standard InChI is InChI=1S/C21H23ClN4O3/c22-17-13-18-20(25-21(23-18)29-16-5-9-27-10-6-16)24-19(17)14-1-3-15(4-2-14)26-7-11-28-12-8-26/h1-4,13,16H,5-12H2,(H,23,24,25). The van der Waals surface area contributed by atoms with E-state index in [0.717, 1.165) is 69.1 Å². The monoisotopic (exact) mass is 414 g/mol. The van der Waals surface area contributed by atoms with Crippen LogP contribution >= 0.6 is 11.6 Å². The summed E-state index contributed by atoms with van der Waals surface area (Å²) in [4.78, 5) is 14.7. The molecule has 2 aliphatic heterocycles. The van der Waals surface area contributed by atoms with Crippen molar-refractivity contribution in [3.05, 3.63) is 35.4 Å². The summed E-state index contributed by atoms with van der Waals surface area (Å²) in [6.45, 7) is 4.80. The lowest BCUT2D eigenvalue weighted by Gasteiger charge is -2.28. The van der Waals surface area contributed by atoms with Crippen molar-refractivity contribution in [2.75, 3.05) is 44.4 Å². The third-order valence-corrected chi connectivity index (χ3v) is 5.66. The first-order valence-electron chi connectivity index (χ1n) is 10.00. The molecule has 0 bridgehead atoms. The Labute approximate surface area is 173 Å². The minimum Gasteiger partial charge on any atom is -0.461 e. The van der Waals surface area contributed by atoms with Gasteiger partial charge in [-0.3, -0.25) is 0 Å². The molecule has 0 spiro atoms. The molecule has 0 unspecified atom stereocenters. The van der Waals surface area contributed by atoms with Crippen LogP contribution in [0.5, 0.6) is 6.01 Å². The topological polar surface area (TPSA) is 72.5 Å². The number of nitrogens with zero attached hydrogens (tertiary/aromatic N) is 3. The molecule has 0 saturated carbocycles. The van der Waals surface area contributed by atoms with E-state index in [1.807, 2.05) is 6.07 Å². The van der Waals surface area contributed by atoms with Gasteiger partial charge >= 0.3 is 0 Å². The molecule has 0 atom stereocenters. The first kappa shape index (κ1) is 18.7. The third kappa shape index (κ3) is 4.03. The fourth-order valence-electron chi connectivity index (χ4n) is 3.76. The van der Waals surface area contributed by atoms with Gasteiger partial charge in [0.05, 0.1) is 42.7 Å². The van der Waals surface area contributed by atoms with Crippen molar-refractivity contribution in [2.45, 2.75) is 18.9 Å². The number of hydrogen-bond donors (Lipinski definition) is 1. The van der Waals surface area contributed by atoms with Gasteiger partial charge in [-0.2, -0.15) is 4.98 Å². The predicted octanol–water partition coefficient (Wildman–Crippen LogP) is 3.67. The van der Waals surface area contributed by atoms with Gasteiger partial charge in [-0.25, -0.2) is 4.98 Å². The number of pyridine rings is 1. The zero-order valence-corrected chi connectivity index (χ0v) is 16.8. The molecule has 2 aliphatic rings. The van der Waals surface area contributed by atoms with Gasteiger partial charge in [0.2, 0.25) is 0 Å². The molecule has 7 nitrogen and oxygen atoms in total. The zero-order valence-electron chi connectivity index (χ0n) is 16.1. The van der Waals surface area contributed by atoms with E-state index in [0.29, 0.717) is 16.7 Å². The summed E-state index contributed by atoms with van der Waals surface area (Å²) in [7, 11) is 0. The lowest BCUT2D eigenvalue weighted by molar-refractivity contribution is 0.0222. The summed E-state index contributed by atoms with van der Waals surface area (Å²) in [5.41, 5.74) is 4.23. The van der Waals surface area contributed by atoms with E-state index < -0.39 is 0 Å². The Balaban J connectivity index is 1.38. The molecule has 0 amide bonds. The van der Waals surface area contributed by atoms with Crippen LogP contribution in [-0.4, -0.2) is 60.6 Å². The molecule has 4 heterocycles. The van der Waals surface area contributed by atoms with E-state index in [2.05, 4.69) is 44.1 Å². The minimum atomic E-state index is 0.118. The van der Waals surface area contributed by atoms with E-state index in [1.54, 1.807) is 0 Å². The first-order valence-corrected chi connectivity index (χ1v) is 10.4. The second kappa shape index (κ2) is 8.18. The highest BCUT2D eigenvalue weighted by Gasteiger charge is 2.18. The SMILES string of the molecule is Clc1cc2[nH]c(OC3CCOCC3)nc2nc1-c1ccc(N2CCOCC2)cc1. The van der Waals surface area contributed by atoms with Gasteiger partial charge in [0.15, 0.2) is 5.65 Å². The number of fused-ring (bicyclic) bond motifs is 1. The Kier molecular flexibility index (Phi) is 5.26. The van der Waals surface area contributed by atoms with Crippen LogP contribution in [0.2, 0.25) is 5.02 Å². The van der Waals surface area contributed by atoms with Gasteiger partial charge in [-0.15, -0.1) is 0 Å². The number of rotatable bonds is 4. The second-order valence-corrected chi connectivity index (χ2v) is 7.72. The molecular formula is C21H23ClN4O3. The molecule has 5 rings (SSSR count). The molecule has 3 aromatic rings. The lowest BCUT2D eigenvalue weighted by atomic mass is 10.1. The minimum absolute atomic E-state index is 0.118. The number of aromatic nitrogens is 3. The molecule has 0 aliphatic carbocycles. The highest BCUT2D eigenvalue weighted by Crippen LogP contribution is 2.31. The van der Waals surface area contributed by atoms with Crippen LogP contribution in [0.1, 0.15) is 12.8 Å². The first-order chi connectivity index (χ1) is 14.3. The smallest absolute Gasteiger partial charge is 0.296 e. The van der Waals surface area contributed by atoms with Gasteiger partial charge in [-0.05, 0) is 18.2 Å².